The van der Waals surface area contributed by atoms with Crippen molar-refractivity contribution in [2.24, 2.45) is 0 Å². The molecular formula is C36H43FN4O3. The summed E-state index contributed by atoms with van der Waals surface area (Å²) in [6.07, 6.45) is 7.68. The summed E-state index contributed by atoms with van der Waals surface area (Å²) in [5.74, 6) is -0.424. The highest BCUT2D eigenvalue weighted by atomic mass is 19.1. The Labute approximate surface area is 259 Å². The predicted molar refractivity (Wildman–Crippen MR) is 173 cm³/mol. The Bertz CT molecular complexity index is 1600. The Morgan fingerprint density at radius 2 is 1.86 bits per heavy atom. The van der Waals surface area contributed by atoms with Crippen LogP contribution in [-0.2, 0) is 13.2 Å². The van der Waals surface area contributed by atoms with Gasteiger partial charge in [-0.3, -0.25) is 4.98 Å². The molecular weight excluding hydrogens is 555 g/mol. The average molecular weight is 599 g/mol. The highest BCUT2D eigenvalue weighted by molar-refractivity contribution is 5.99. The third kappa shape index (κ3) is 6.18. The first-order valence-electron chi connectivity index (χ1n) is 16.1. The van der Waals surface area contributed by atoms with Crippen LogP contribution in [0, 0.1) is 0 Å². The lowest BCUT2D eigenvalue weighted by Gasteiger charge is -2.31. The lowest BCUT2D eigenvalue weighted by atomic mass is 9.80. The van der Waals surface area contributed by atoms with E-state index in [0.717, 1.165) is 96.5 Å². The van der Waals surface area contributed by atoms with E-state index in [-0.39, 0.29) is 17.5 Å². The van der Waals surface area contributed by atoms with E-state index in [2.05, 4.69) is 45.7 Å². The van der Waals surface area contributed by atoms with Crippen molar-refractivity contribution >= 4 is 22.6 Å². The van der Waals surface area contributed by atoms with E-state index in [0.29, 0.717) is 19.6 Å². The topological polar surface area (TPSA) is 79.6 Å². The molecule has 8 heteroatoms. The molecule has 2 aliphatic rings. The van der Waals surface area contributed by atoms with Crippen LogP contribution in [0.3, 0.4) is 0 Å². The molecule has 3 heterocycles. The lowest BCUT2D eigenvalue weighted by Crippen LogP contribution is -2.31. The van der Waals surface area contributed by atoms with Crippen molar-refractivity contribution in [1.82, 2.24) is 14.5 Å². The van der Waals surface area contributed by atoms with Crippen molar-refractivity contribution in [2.45, 2.75) is 83.7 Å². The molecule has 1 aliphatic carbocycles. The molecule has 0 amide bonds. The van der Waals surface area contributed by atoms with Crippen LogP contribution in [0.2, 0.25) is 0 Å². The number of benzene rings is 2. The zero-order valence-corrected chi connectivity index (χ0v) is 25.8. The quantitative estimate of drug-likeness (QED) is 0.193. The molecule has 0 spiro atoms. The zero-order chi connectivity index (χ0) is 30.6. The second kappa shape index (κ2) is 13.4. The molecule has 7 nitrogen and oxygen atoms in total. The summed E-state index contributed by atoms with van der Waals surface area (Å²) in [7, 11) is 0. The Kier molecular flexibility index (Phi) is 9.17. The summed E-state index contributed by atoms with van der Waals surface area (Å²) >= 11 is 0. The molecule has 0 bridgehead atoms. The number of hydrogen-bond acceptors (Lipinski definition) is 5. The minimum atomic E-state index is -0.953. The first-order valence-corrected chi connectivity index (χ1v) is 16.1. The largest absolute Gasteiger partial charge is 0.489 e. The van der Waals surface area contributed by atoms with Gasteiger partial charge in [0.05, 0.1) is 11.3 Å². The molecule has 1 aliphatic heterocycles. The SMILES string of the molecule is CCN(CC)CCC1CCn2c(c(C3CCCC[C@@H]3F)c3ccc(C(=O)O)cc32)-c2ccc(OCc3ccncc3)cc2N1. The molecule has 2 aromatic heterocycles. The van der Waals surface area contributed by atoms with Gasteiger partial charge in [-0.1, -0.05) is 32.8 Å². The van der Waals surface area contributed by atoms with E-state index in [1.54, 1.807) is 24.5 Å². The number of rotatable bonds is 10. The maximum Gasteiger partial charge on any atom is 0.335 e. The zero-order valence-electron chi connectivity index (χ0n) is 25.8. The number of aromatic nitrogens is 2. The van der Waals surface area contributed by atoms with Crippen molar-refractivity contribution in [3.05, 3.63) is 77.6 Å². The van der Waals surface area contributed by atoms with E-state index in [1.807, 2.05) is 24.3 Å². The Morgan fingerprint density at radius 3 is 2.61 bits per heavy atom. The number of fused-ring (bicyclic) bond motifs is 5. The molecule has 44 heavy (non-hydrogen) atoms. The lowest BCUT2D eigenvalue weighted by molar-refractivity contribution is 0.0697. The molecule has 4 aromatic rings. The van der Waals surface area contributed by atoms with Crippen molar-refractivity contribution in [3.63, 3.8) is 0 Å². The van der Waals surface area contributed by atoms with Crippen molar-refractivity contribution in [1.29, 1.82) is 0 Å². The van der Waals surface area contributed by atoms with Gasteiger partial charge in [0.2, 0.25) is 0 Å². The molecule has 1 fully saturated rings. The molecule has 3 atom stereocenters. The standard InChI is InChI=1S/C36H43FN4O3/c1-3-40(4-2)19-15-26-16-20-41-33-21-25(36(42)43)9-11-30(33)34(28-7-5-6-8-31(28)37)35(41)29-12-10-27(22-32(29)39-26)44-23-24-13-17-38-18-14-24/h9-14,17-18,21-22,26,28,31,39H,3-8,15-16,19-20,23H2,1-2H3,(H,42,43)/t26?,28?,31-/m0/s1. The second-order valence-electron chi connectivity index (χ2n) is 12.2. The number of carboxylic acids is 1. The fourth-order valence-electron chi connectivity index (χ4n) is 7.07. The summed E-state index contributed by atoms with van der Waals surface area (Å²) < 4.78 is 24.3. The number of ether oxygens (including phenoxy) is 1. The van der Waals surface area contributed by atoms with Crippen LogP contribution < -0.4 is 10.1 Å². The summed E-state index contributed by atoms with van der Waals surface area (Å²) in [6.45, 7) is 8.53. The first-order chi connectivity index (χ1) is 21.5. The number of nitrogens with one attached hydrogen (secondary N) is 1. The average Bonchev–Trinajstić information content (AvgIpc) is 3.35. The van der Waals surface area contributed by atoms with Gasteiger partial charge in [-0.05, 0) is 86.3 Å². The number of hydrogen-bond donors (Lipinski definition) is 2. The fraction of sp³-hybridized carbons (Fsp3) is 0.444. The molecule has 232 valence electrons. The van der Waals surface area contributed by atoms with Gasteiger partial charge in [0.25, 0.3) is 0 Å². The molecule has 1 saturated carbocycles. The number of carbonyl (C=O) groups is 1. The van der Waals surface area contributed by atoms with E-state index in [9.17, 15) is 9.90 Å². The molecule has 6 rings (SSSR count). The third-order valence-corrected chi connectivity index (χ3v) is 9.55. The number of nitrogens with zero attached hydrogens (tertiary/aromatic N) is 3. The van der Waals surface area contributed by atoms with Gasteiger partial charge in [0, 0.05) is 65.7 Å². The molecule has 2 N–H and O–H groups in total. The van der Waals surface area contributed by atoms with Crippen LogP contribution in [0.4, 0.5) is 10.1 Å². The minimum absolute atomic E-state index is 0.199. The number of carboxylic acid groups (broad SMARTS) is 1. The van der Waals surface area contributed by atoms with Crippen molar-refractivity contribution < 1.29 is 19.0 Å². The van der Waals surface area contributed by atoms with E-state index < -0.39 is 12.1 Å². The summed E-state index contributed by atoms with van der Waals surface area (Å²) in [5.41, 5.74) is 6.16. The van der Waals surface area contributed by atoms with Crippen LogP contribution in [0.5, 0.6) is 5.75 Å². The van der Waals surface area contributed by atoms with Gasteiger partial charge in [-0.15, -0.1) is 0 Å². The van der Waals surface area contributed by atoms with Crippen LogP contribution in [0.25, 0.3) is 22.2 Å². The van der Waals surface area contributed by atoms with Crippen LogP contribution in [0.1, 0.15) is 79.8 Å². The number of halogens is 1. The first kappa shape index (κ1) is 30.1. The highest BCUT2D eigenvalue weighted by Gasteiger charge is 2.34. The van der Waals surface area contributed by atoms with Crippen LogP contribution >= 0.6 is 0 Å². The number of pyridine rings is 1. The smallest absolute Gasteiger partial charge is 0.335 e. The van der Waals surface area contributed by atoms with Gasteiger partial charge in [0.15, 0.2) is 0 Å². The molecule has 2 aromatic carbocycles. The molecule has 2 unspecified atom stereocenters. The maximum absolute atomic E-state index is 15.8. The number of aryl methyl sites for hydroxylation is 1. The van der Waals surface area contributed by atoms with Gasteiger partial charge in [-0.25, -0.2) is 9.18 Å². The Morgan fingerprint density at radius 1 is 1.07 bits per heavy atom. The van der Waals surface area contributed by atoms with Gasteiger partial charge in [-0.2, -0.15) is 0 Å². The maximum atomic E-state index is 15.8. The number of alkyl halides is 1. The van der Waals surface area contributed by atoms with E-state index in [1.165, 1.54) is 0 Å². The van der Waals surface area contributed by atoms with Gasteiger partial charge < -0.3 is 24.6 Å². The summed E-state index contributed by atoms with van der Waals surface area (Å²) in [5, 5.41) is 14.7. The predicted octanol–water partition coefficient (Wildman–Crippen LogP) is 7.89. The van der Waals surface area contributed by atoms with Crippen LogP contribution in [-0.4, -0.2) is 57.4 Å². The van der Waals surface area contributed by atoms with E-state index in [4.69, 9.17) is 4.74 Å². The second-order valence-corrected chi connectivity index (χ2v) is 12.2. The summed E-state index contributed by atoms with van der Waals surface area (Å²) in [4.78, 5) is 18.6. The Balaban J connectivity index is 1.48. The highest BCUT2D eigenvalue weighted by Crippen LogP contribution is 2.48. The van der Waals surface area contributed by atoms with E-state index >= 15 is 4.39 Å². The third-order valence-electron chi connectivity index (χ3n) is 9.55. The number of aromatic carboxylic acids is 1. The van der Waals surface area contributed by atoms with Crippen molar-refractivity contribution in [3.8, 4) is 17.0 Å². The van der Waals surface area contributed by atoms with Crippen molar-refractivity contribution in [2.75, 3.05) is 25.0 Å². The minimum Gasteiger partial charge on any atom is -0.489 e. The summed E-state index contributed by atoms with van der Waals surface area (Å²) in [6, 6.07) is 15.6. The number of anilines is 1. The molecule has 0 radical (unpaired) electrons. The van der Waals surface area contributed by atoms with Gasteiger partial charge in [0.1, 0.15) is 18.5 Å². The normalized spacial score (nSPS) is 20.0. The molecule has 0 saturated heterocycles. The van der Waals surface area contributed by atoms with Crippen LogP contribution in [0.15, 0.2) is 60.9 Å². The fourth-order valence-corrected chi connectivity index (χ4v) is 7.07. The monoisotopic (exact) mass is 598 g/mol. The Hall–Kier alpha value is -3.91. The van der Waals surface area contributed by atoms with Gasteiger partial charge >= 0.3 is 5.97 Å².